The monoisotopic (exact) mass is 543 g/mol. The number of methoxy groups -OCH3 is 1. The zero-order valence-electron chi connectivity index (χ0n) is 21.1. The zero-order chi connectivity index (χ0) is 27.2. The summed E-state index contributed by atoms with van der Waals surface area (Å²) < 4.78 is 33.7. The molecule has 0 aromatic heterocycles. The SMILES string of the molecule is CNC(=O)[C@@H](C)N(Cc1ccccc1C)C(=O)CN(c1ccc(Cl)cc1)S(=O)(=O)c1ccc(OC)cc1. The van der Waals surface area contributed by atoms with Gasteiger partial charge in [-0.2, -0.15) is 0 Å². The molecule has 0 spiro atoms. The van der Waals surface area contributed by atoms with Gasteiger partial charge in [0.2, 0.25) is 11.8 Å². The molecule has 37 heavy (non-hydrogen) atoms. The van der Waals surface area contributed by atoms with E-state index < -0.39 is 28.5 Å². The summed E-state index contributed by atoms with van der Waals surface area (Å²) in [6, 6.07) is 18.8. The first-order valence-corrected chi connectivity index (χ1v) is 13.4. The van der Waals surface area contributed by atoms with Gasteiger partial charge in [-0.25, -0.2) is 8.42 Å². The number of carbonyl (C=O) groups is 2. The van der Waals surface area contributed by atoms with Gasteiger partial charge >= 0.3 is 0 Å². The number of anilines is 1. The first kappa shape index (κ1) is 28.0. The lowest BCUT2D eigenvalue weighted by Crippen LogP contribution is -2.50. The normalized spacial score (nSPS) is 11.9. The predicted molar refractivity (Wildman–Crippen MR) is 144 cm³/mol. The van der Waals surface area contributed by atoms with Crippen LogP contribution in [0, 0.1) is 6.92 Å². The van der Waals surface area contributed by atoms with Crippen LogP contribution in [0.4, 0.5) is 5.69 Å². The summed E-state index contributed by atoms with van der Waals surface area (Å²) in [7, 11) is -1.19. The number of rotatable bonds is 10. The molecule has 0 aliphatic carbocycles. The van der Waals surface area contributed by atoms with Gasteiger partial charge in [0.1, 0.15) is 18.3 Å². The number of nitrogens with zero attached hydrogens (tertiary/aromatic N) is 2. The number of ether oxygens (including phenoxy) is 1. The molecule has 0 saturated carbocycles. The van der Waals surface area contributed by atoms with Crippen LogP contribution in [0.25, 0.3) is 0 Å². The molecule has 3 aromatic rings. The summed E-state index contributed by atoms with van der Waals surface area (Å²) in [5, 5.41) is 2.99. The van der Waals surface area contributed by atoms with E-state index >= 15 is 0 Å². The molecule has 3 rings (SSSR count). The molecule has 0 saturated heterocycles. The van der Waals surface area contributed by atoms with Crippen molar-refractivity contribution in [3.63, 3.8) is 0 Å². The molecule has 1 atom stereocenters. The molecule has 3 aromatic carbocycles. The van der Waals surface area contributed by atoms with E-state index in [1.54, 1.807) is 19.1 Å². The number of carbonyl (C=O) groups excluding carboxylic acids is 2. The van der Waals surface area contributed by atoms with Gasteiger partial charge in [-0.3, -0.25) is 13.9 Å². The van der Waals surface area contributed by atoms with Gasteiger partial charge in [-0.1, -0.05) is 35.9 Å². The average Bonchev–Trinajstić information content (AvgIpc) is 2.90. The van der Waals surface area contributed by atoms with E-state index in [0.717, 1.165) is 15.4 Å². The number of aryl methyl sites for hydroxylation is 1. The minimum absolute atomic E-state index is 0.0131. The van der Waals surface area contributed by atoms with E-state index in [-0.39, 0.29) is 23.0 Å². The molecule has 8 nitrogen and oxygen atoms in total. The molecular formula is C27H30ClN3O5S. The minimum atomic E-state index is -4.17. The highest BCUT2D eigenvalue weighted by atomic mass is 35.5. The minimum Gasteiger partial charge on any atom is -0.497 e. The van der Waals surface area contributed by atoms with E-state index in [1.165, 1.54) is 55.5 Å². The van der Waals surface area contributed by atoms with E-state index in [9.17, 15) is 18.0 Å². The molecule has 196 valence electrons. The van der Waals surface area contributed by atoms with Crippen molar-refractivity contribution in [2.45, 2.75) is 31.3 Å². The van der Waals surface area contributed by atoms with E-state index in [4.69, 9.17) is 16.3 Å². The molecule has 0 aliphatic heterocycles. The standard InChI is InChI=1S/C27H30ClN3O5S/c1-19-7-5-6-8-21(19)17-30(20(2)27(33)29-3)26(32)18-31(23-11-9-22(28)10-12-23)37(34,35)25-15-13-24(36-4)14-16-25/h5-16,20H,17-18H2,1-4H3,(H,29,33)/t20-/m1/s1. The van der Waals surface area contributed by atoms with Gasteiger partial charge < -0.3 is 15.0 Å². The number of sulfonamides is 1. The Balaban J connectivity index is 2.03. The smallest absolute Gasteiger partial charge is 0.264 e. The summed E-state index contributed by atoms with van der Waals surface area (Å²) in [5.74, 6) is -0.402. The third kappa shape index (κ3) is 6.61. The summed E-state index contributed by atoms with van der Waals surface area (Å²) in [6.07, 6.45) is 0. The second-order valence-electron chi connectivity index (χ2n) is 8.40. The van der Waals surface area contributed by atoms with Crippen LogP contribution in [0.5, 0.6) is 5.75 Å². The third-order valence-corrected chi connectivity index (χ3v) is 8.10. The number of hydrogen-bond donors (Lipinski definition) is 1. The number of likely N-dealkylation sites (N-methyl/N-ethyl adjacent to an activating group) is 1. The molecule has 0 unspecified atom stereocenters. The van der Waals surface area contributed by atoms with Crippen molar-refractivity contribution in [1.82, 2.24) is 10.2 Å². The molecule has 0 fully saturated rings. The van der Waals surface area contributed by atoms with Crippen LogP contribution in [-0.4, -0.2) is 51.9 Å². The van der Waals surface area contributed by atoms with Crippen LogP contribution < -0.4 is 14.4 Å². The topological polar surface area (TPSA) is 96.0 Å². The third-order valence-electron chi connectivity index (χ3n) is 6.06. The Labute approximate surface area is 222 Å². The van der Waals surface area contributed by atoms with Crippen molar-refractivity contribution in [2.75, 3.05) is 25.0 Å². The zero-order valence-corrected chi connectivity index (χ0v) is 22.7. The quantitative estimate of drug-likeness (QED) is 0.417. The fraction of sp³-hybridized carbons (Fsp3) is 0.259. The lowest BCUT2D eigenvalue weighted by molar-refractivity contribution is -0.139. The van der Waals surface area contributed by atoms with Gasteiger partial charge in [0.05, 0.1) is 17.7 Å². The van der Waals surface area contributed by atoms with E-state index in [1.807, 2.05) is 31.2 Å². The van der Waals surface area contributed by atoms with Crippen molar-refractivity contribution < 1.29 is 22.7 Å². The van der Waals surface area contributed by atoms with Crippen molar-refractivity contribution in [2.24, 2.45) is 0 Å². The number of amides is 2. The van der Waals surface area contributed by atoms with Crippen LogP contribution in [-0.2, 0) is 26.2 Å². The molecule has 0 radical (unpaired) electrons. The average molecular weight is 544 g/mol. The highest BCUT2D eigenvalue weighted by molar-refractivity contribution is 7.92. The van der Waals surface area contributed by atoms with Gasteiger partial charge in [0.15, 0.2) is 0 Å². The van der Waals surface area contributed by atoms with Gasteiger partial charge in [-0.15, -0.1) is 0 Å². The van der Waals surface area contributed by atoms with Gasteiger partial charge in [0, 0.05) is 18.6 Å². The molecule has 1 N–H and O–H groups in total. The van der Waals surface area contributed by atoms with E-state index in [2.05, 4.69) is 5.32 Å². The largest absolute Gasteiger partial charge is 0.497 e. The Kier molecular flexibility index (Phi) is 9.18. The molecule has 2 amide bonds. The van der Waals surface area contributed by atoms with Gasteiger partial charge in [-0.05, 0) is 73.5 Å². The molecule has 0 bridgehead atoms. The highest BCUT2D eigenvalue weighted by Gasteiger charge is 2.32. The highest BCUT2D eigenvalue weighted by Crippen LogP contribution is 2.27. The summed E-state index contributed by atoms with van der Waals surface area (Å²) >= 11 is 6.03. The van der Waals surface area contributed by atoms with Crippen LogP contribution in [0.15, 0.2) is 77.7 Å². The van der Waals surface area contributed by atoms with Gasteiger partial charge in [0.25, 0.3) is 10.0 Å². The Hall–Kier alpha value is -3.56. The number of hydrogen-bond acceptors (Lipinski definition) is 5. The first-order chi connectivity index (χ1) is 17.6. The Morgan fingerprint density at radius 2 is 1.62 bits per heavy atom. The Bertz CT molecular complexity index is 1350. The van der Waals surface area contributed by atoms with E-state index in [0.29, 0.717) is 10.8 Å². The number of halogens is 1. The second-order valence-corrected chi connectivity index (χ2v) is 10.7. The van der Waals surface area contributed by atoms with Crippen molar-refractivity contribution in [3.8, 4) is 5.75 Å². The fourth-order valence-corrected chi connectivity index (χ4v) is 5.31. The first-order valence-electron chi connectivity index (χ1n) is 11.6. The fourth-order valence-electron chi connectivity index (χ4n) is 3.77. The second kappa shape index (κ2) is 12.1. The van der Waals surface area contributed by atoms with Crippen LogP contribution >= 0.6 is 11.6 Å². The molecule has 0 aliphatic rings. The molecule has 10 heteroatoms. The lowest BCUT2D eigenvalue weighted by Gasteiger charge is -2.32. The van der Waals surface area contributed by atoms with Crippen LogP contribution in [0.1, 0.15) is 18.1 Å². The number of benzene rings is 3. The molecular weight excluding hydrogens is 514 g/mol. The Morgan fingerprint density at radius 1 is 1.00 bits per heavy atom. The maximum atomic E-state index is 13.7. The summed E-state index contributed by atoms with van der Waals surface area (Å²) in [4.78, 5) is 27.7. The van der Waals surface area contributed by atoms with Crippen molar-refractivity contribution >= 4 is 39.1 Å². The van der Waals surface area contributed by atoms with Crippen molar-refractivity contribution in [3.05, 3.63) is 88.9 Å². The summed E-state index contributed by atoms with van der Waals surface area (Å²) in [6.45, 7) is 3.14. The number of nitrogens with one attached hydrogen (secondary N) is 1. The maximum Gasteiger partial charge on any atom is 0.264 e. The van der Waals surface area contributed by atoms with Crippen LogP contribution in [0.3, 0.4) is 0 Å². The maximum absolute atomic E-state index is 13.7. The van der Waals surface area contributed by atoms with Crippen molar-refractivity contribution in [1.29, 1.82) is 0 Å². The lowest BCUT2D eigenvalue weighted by atomic mass is 10.1. The molecule has 0 heterocycles. The summed E-state index contributed by atoms with van der Waals surface area (Å²) in [5.41, 5.74) is 2.06. The van der Waals surface area contributed by atoms with Crippen LogP contribution in [0.2, 0.25) is 5.02 Å². The Morgan fingerprint density at radius 3 is 2.19 bits per heavy atom. The predicted octanol–water partition coefficient (Wildman–Crippen LogP) is 4.02.